The zero-order chi connectivity index (χ0) is 15.7. The summed E-state index contributed by atoms with van der Waals surface area (Å²) in [6.07, 6.45) is 0.539. The van der Waals surface area contributed by atoms with Crippen molar-refractivity contribution in [2.75, 3.05) is 13.7 Å². The van der Waals surface area contributed by atoms with E-state index in [-0.39, 0.29) is 24.0 Å². The summed E-state index contributed by atoms with van der Waals surface area (Å²) in [5, 5.41) is 10.5. The Morgan fingerprint density at radius 1 is 1.43 bits per heavy atom. The number of phosphoric acid groups is 1. The molecule has 1 saturated carbocycles. The van der Waals surface area contributed by atoms with Crippen LogP contribution in [0.25, 0.3) is 0 Å². The van der Waals surface area contributed by atoms with Gasteiger partial charge in [0.15, 0.2) is 0 Å². The molecule has 21 heavy (non-hydrogen) atoms. The van der Waals surface area contributed by atoms with Crippen LogP contribution in [0.1, 0.15) is 6.42 Å². The summed E-state index contributed by atoms with van der Waals surface area (Å²) in [5.74, 6) is -0.00522. The molecule has 1 fully saturated rings. The van der Waals surface area contributed by atoms with Crippen molar-refractivity contribution in [1.29, 1.82) is 0 Å². The van der Waals surface area contributed by atoms with Crippen LogP contribution in [0.3, 0.4) is 0 Å². The number of nitro groups is 1. The minimum absolute atomic E-state index is 0.0328. The van der Waals surface area contributed by atoms with Crippen molar-refractivity contribution < 1.29 is 23.1 Å². The van der Waals surface area contributed by atoms with E-state index >= 15 is 0 Å². The summed E-state index contributed by atoms with van der Waals surface area (Å²) in [7, 11) is -2.64. The number of hydrogen-bond donors (Lipinski definition) is 0. The highest BCUT2D eigenvalue weighted by molar-refractivity contribution is 7.48. The van der Waals surface area contributed by atoms with E-state index in [2.05, 4.69) is 0 Å². The molecule has 0 saturated heterocycles. The summed E-state index contributed by atoms with van der Waals surface area (Å²) in [5.41, 5.74) is -0.109. The molecule has 1 aromatic rings. The molecule has 0 radical (unpaired) electrons. The zero-order valence-corrected chi connectivity index (χ0v) is 13.3. The molecule has 0 heterocycles. The molecule has 1 aromatic carbocycles. The molecule has 0 spiro atoms. The average Bonchev–Trinajstić information content (AvgIpc) is 3.05. The van der Waals surface area contributed by atoms with Gasteiger partial charge >= 0.3 is 7.82 Å². The van der Waals surface area contributed by atoms with Gasteiger partial charge in [0.25, 0.3) is 5.69 Å². The molecule has 0 bridgehead atoms. The first-order valence-corrected chi connectivity index (χ1v) is 8.09. The maximum atomic E-state index is 12.2. The molecule has 0 amide bonds. The maximum Gasteiger partial charge on any atom is 0.529 e. The van der Waals surface area contributed by atoms with E-state index in [9.17, 15) is 14.7 Å². The van der Waals surface area contributed by atoms with Crippen LogP contribution in [0, 0.1) is 16.0 Å². The largest absolute Gasteiger partial charge is 0.529 e. The Hall–Kier alpha value is -0.850. The second-order valence-electron chi connectivity index (χ2n) is 4.43. The van der Waals surface area contributed by atoms with E-state index in [0.29, 0.717) is 6.42 Å². The lowest BCUT2D eigenvalue weighted by molar-refractivity contribution is -0.384. The molecule has 1 aliphatic carbocycles. The van der Waals surface area contributed by atoms with E-state index < -0.39 is 17.1 Å². The molecule has 2 unspecified atom stereocenters. The Bertz CT molecular complexity index is 579. The number of benzene rings is 1. The SMILES string of the molecule is COP(=O)(OCC1CC1(Cl)Cl)Oc1ccc([N+](=O)[O-])cc1. The normalized spacial score (nSPS) is 22.3. The van der Waals surface area contributed by atoms with Gasteiger partial charge in [-0.2, -0.15) is 0 Å². The summed E-state index contributed by atoms with van der Waals surface area (Å²) >= 11 is 11.7. The van der Waals surface area contributed by atoms with Crippen molar-refractivity contribution in [1.82, 2.24) is 0 Å². The Labute approximate surface area is 130 Å². The number of rotatable bonds is 7. The summed E-state index contributed by atoms with van der Waals surface area (Å²) < 4.78 is 26.4. The maximum absolute atomic E-state index is 12.2. The van der Waals surface area contributed by atoms with E-state index in [0.717, 1.165) is 0 Å². The molecular formula is C11H12Cl2NO6P. The van der Waals surface area contributed by atoms with Crippen LogP contribution in [-0.2, 0) is 13.6 Å². The third-order valence-corrected chi connectivity index (χ3v) is 5.15. The standard InChI is InChI=1S/C11H12Cl2NO6P/c1-18-21(17,19-7-8-6-11(8,12)13)20-10-4-2-9(3-5-10)14(15)16/h2-5,8H,6-7H2,1H3. The lowest BCUT2D eigenvalue weighted by Gasteiger charge is -2.16. The molecule has 0 N–H and O–H groups in total. The molecule has 1 aliphatic rings. The van der Waals surface area contributed by atoms with Crippen LogP contribution < -0.4 is 4.52 Å². The molecule has 116 valence electrons. The molecule has 10 heteroatoms. The van der Waals surface area contributed by atoms with Gasteiger partial charge in [0.1, 0.15) is 10.1 Å². The average molecular weight is 356 g/mol. The number of nitrogens with zero attached hydrogens (tertiary/aromatic N) is 1. The number of alkyl halides is 2. The van der Waals surface area contributed by atoms with Crippen LogP contribution in [-0.4, -0.2) is 23.0 Å². The number of non-ortho nitro benzene ring substituents is 1. The molecule has 0 aliphatic heterocycles. The highest BCUT2D eigenvalue weighted by atomic mass is 35.5. The van der Waals surface area contributed by atoms with Crippen molar-refractivity contribution in [3.05, 3.63) is 34.4 Å². The number of nitro benzene ring substituents is 1. The van der Waals surface area contributed by atoms with E-state index in [4.69, 9.17) is 36.8 Å². The van der Waals surface area contributed by atoms with Crippen LogP contribution in [0.15, 0.2) is 24.3 Å². The van der Waals surface area contributed by atoms with Gasteiger partial charge in [-0.3, -0.25) is 19.2 Å². The highest BCUT2D eigenvalue weighted by Crippen LogP contribution is 2.56. The van der Waals surface area contributed by atoms with Gasteiger partial charge < -0.3 is 4.52 Å². The van der Waals surface area contributed by atoms with Crippen molar-refractivity contribution in [3.63, 3.8) is 0 Å². The van der Waals surface area contributed by atoms with Crippen LogP contribution in [0.2, 0.25) is 0 Å². The lowest BCUT2D eigenvalue weighted by atomic mass is 10.3. The van der Waals surface area contributed by atoms with Crippen molar-refractivity contribution >= 4 is 36.7 Å². The smallest absolute Gasteiger partial charge is 0.404 e. The van der Waals surface area contributed by atoms with E-state index in [1.165, 1.54) is 31.4 Å². The van der Waals surface area contributed by atoms with Crippen LogP contribution >= 0.6 is 31.0 Å². The molecular weight excluding hydrogens is 344 g/mol. The van der Waals surface area contributed by atoms with E-state index in [1.54, 1.807) is 0 Å². The van der Waals surface area contributed by atoms with Gasteiger partial charge in [-0.05, 0) is 18.6 Å². The van der Waals surface area contributed by atoms with Crippen molar-refractivity contribution in [3.8, 4) is 5.75 Å². The summed E-state index contributed by atoms with van der Waals surface area (Å²) in [6, 6.07) is 5.05. The van der Waals surface area contributed by atoms with Gasteiger partial charge in [0.05, 0.1) is 11.5 Å². The molecule has 2 atom stereocenters. The van der Waals surface area contributed by atoms with Crippen LogP contribution in [0.4, 0.5) is 5.69 Å². The van der Waals surface area contributed by atoms with Gasteiger partial charge in [-0.15, -0.1) is 23.2 Å². The summed E-state index contributed by atoms with van der Waals surface area (Å²) in [6.45, 7) is 0.0328. The molecule has 2 rings (SSSR count). The van der Waals surface area contributed by atoms with E-state index in [1.807, 2.05) is 0 Å². The van der Waals surface area contributed by atoms with Crippen molar-refractivity contribution in [2.45, 2.75) is 10.8 Å². The second kappa shape index (κ2) is 6.10. The number of hydrogen-bond acceptors (Lipinski definition) is 6. The Morgan fingerprint density at radius 3 is 2.43 bits per heavy atom. The topological polar surface area (TPSA) is 87.9 Å². The third kappa shape index (κ3) is 4.31. The minimum atomic E-state index is -3.82. The quantitative estimate of drug-likeness (QED) is 0.318. The van der Waals surface area contributed by atoms with Crippen LogP contribution in [0.5, 0.6) is 5.75 Å². The van der Waals surface area contributed by atoms with Gasteiger partial charge in [-0.1, -0.05) is 0 Å². The predicted octanol–water partition coefficient (Wildman–Crippen LogP) is 3.94. The van der Waals surface area contributed by atoms with Gasteiger partial charge in [0, 0.05) is 25.2 Å². The van der Waals surface area contributed by atoms with Crippen molar-refractivity contribution in [2.24, 2.45) is 5.92 Å². The van der Waals surface area contributed by atoms with Gasteiger partial charge in [0.2, 0.25) is 0 Å². The fourth-order valence-electron chi connectivity index (χ4n) is 1.51. The first-order valence-electron chi connectivity index (χ1n) is 5.88. The molecule has 0 aromatic heterocycles. The Morgan fingerprint density at radius 2 is 2.00 bits per heavy atom. The first-order chi connectivity index (χ1) is 9.76. The third-order valence-electron chi connectivity index (χ3n) is 2.88. The monoisotopic (exact) mass is 355 g/mol. The lowest BCUT2D eigenvalue weighted by Crippen LogP contribution is -2.05. The number of phosphoric ester groups is 1. The minimum Gasteiger partial charge on any atom is -0.404 e. The Kier molecular flexibility index (Phi) is 4.80. The second-order valence-corrected chi connectivity index (χ2v) is 7.67. The Balaban J connectivity index is 1.97. The molecule has 7 nitrogen and oxygen atoms in total. The fraction of sp³-hybridized carbons (Fsp3) is 0.455. The number of halogens is 2. The summed E-state index contributed by atoms with van der Waals surface area (Å²) in [4.78, 5) is 9.98. The highest BCUT2D eigenvalue weighted by Gasteiger charge is 2.52. The fourth-order valence-corrected chi connectivity index (χ4v) is 2.98. The first kappa shape index (κ1) is 16.5. The predicted molar refractivity (Wildman–Crippen MR) is 76.8 cm³/mol. The zero-order valence-electron chi connectivity index (χ0n) is 10.9. The van der Waals surface area contributed by atoms with Gasteiger partial charge in [-0.25, -0.2) is 4.57 Å².